The molecular weight excluding hydrogens is 272 g/mol. The molecule has 2 heterocycles. The van der Waals surface area contributed by atoms with Crippen LogP contribution in [0.15, 0.2) is 22.8 Å². The second-order valence-corrected chi connectivity index (χ2v) is 4.64. The molecule has 2 aromatic rings. The van der Waals surface area contributed by atoms with Crippen molar-refractivity contribution in [3.05, 3.63) is 22.8 Å². The number of hydrogen-bond donors (Lipinski definition) is 2. The monoisotopic (exact) mass is 284 g/mol. The fraction of sp³-hybridized carbons (Fsp3) is 0.364. The summed E-state index contributed by atoms with van der Waals surface area (Å²) in [7, 11) is 0. The highest BCUT2D eigenvalue weighted by Gasteiger charge is 2.08. The molecule has 0 saturated carbocycles. The number of aliphatic hydroxyl groups excluding tert-OH is 1. The van der Waals surface area contributed by atoms with E-state index in [1.807, 2.05) is 25.3 Å². The van der Waals surface area contributed by atoms with Gasteiger partial charge in [0.1, 0.15) is 5.65 Å². The zero-order valence-electron chi connectivity index (χ0n) is 8.90. The number of halogens is 1. The highest BCUT2D eigenvalue weighted by Crippen LogP contribution is 2.26. The predicted octanol–water partition coefficient (Wildman–Crippen LogP) is 2.33. The second kappa shape index (κ2) is 4.84. The summed E-state index contributed by atoms with van der Waals surface area (Å²) in [6, 6.07) is 3.91. The van der Waals surface area contributed by atoms with Crippen LogP contribution in [-0.2, 0) is 0 Å². The van der Waals surface area contributed by atoms with E-state index in [9.17, 15) is 0 Å². The zero-order chi connectivity index (χ0) is 11.5. The van der Waals surface area contributed by atoms with Crippen LogP contribution in [0, 0.1) is 5.92 Å². The van der Waals surface area contributed by atoms with Crippen molar-refractivity contribution >= 4 is 27.0 Å². The minimum atomic E-state index is 0.105. The van der Waals surface area contributed by atoms with Crippen molar-refractivity contribution < 1.29 is 9.84 Å². The standard InChI is InChI=1S/C11H13BrN2O2/c1-7(5-15)6-16-11-9(12)4-8-2-3-13-10(8)14-11/h2-4,7,15H,5-6H2,1H3,(H,13,14). The molecule has 4 nitrogen and oxygen atoms in total. The van der Waals surface area contributed by atoms with Crippen LogP contribution in [0.3, 0.4) is 0 Å². The molecule has 5 heteroatoms. The molecule has 86 valence electrons. The SMILES string of the molecule is CC(CO)COc1nc2[nH]ccc2cc1Br. The Morgan fingerprint density at radius 1 is 1.62 bits per heavy atom. The van der Waals surface area contributed by atoms with Gasteiger partial charge < -0.3 is 14.8 Å². The van der Waals surface area contributed by atoms with Gasteiger partial charge in [-0.25, -0.2) is 0 Å². The first-order valence-electron chi connectivity index (χ1n) is 5.08. The molecule has 2 N–H and O–H groups in total. The van der Waals surface area contributed by atoms with Gasteiger partial charge in [-0.15, -0.1) is 0 Å². The lowest BCUT2D eigenvalue weighted by Crippen LogP contribution is -2.13. The lowest BCUT2D eigenvalue weighted by Gasteiger charge is -2.10. The number of ether oxygens (including phenoxy) is 1. The van der Waals surface area contributed by atoms with Crippen LogP contribution >= 0.6 is 15.9 Å². The Bertz CT molecular complexity index is 484. The molecule has 2 aromatic heterocycles. The van der Waals surface area contributed by atoms with Crippen molar-refractivity contribution in [2.45, 2.75) is 6.92 Å². The van der Waals surface area contributed by atoms with Crippen molar-refractivity contribution in [2.24, 2.45) is 5.92 Å². The van der Waals surface area contributed by atoms with Gasteiger partial charge in [-0.1, -0.05) is 6.92 Å². The fourth-order valence-electron chi connectivity index (χ4n) is 1.31. The van der Waals surface area contributed by atoms with Crippen LogP contribution in [0.25, 0.3) is 11.0 Å². The third-order valence-electron chi connectivity index (χ3n) is 2.27. The first kappa shape index (κ1) is 11.4. The van der Waals surface area contributed by atoms with Gasteiger partial charge in [0.15, 0.2) is 0 Å². The fourth-order valence-corrected chi connectivity index (χ4v) is 1.76. The quantitative estimate of drug-likeness (QED) is 0.906. The van der Waals surface area contributed by atoms with Gasteiger partial charge in [-0.3, -0.25) is 0 Å². The number of hydrogen-bond acceptors (Lipinski definition) is 3. The Morgan fingerprint density at radius 3 is 3.19 bits per heavy atom. The van der Waals surface area contributed by atoms with E-state index in [1.165, 1.54) is 0 Å². The van der Waals surface area contributed by atoms with Crippen LogP contribution in [0.4, 0.5) is 0 Å². The molecule has 0 amide bonds. The highest BCUT2D eigenvalue weighted by atomic mass is 79.9. The molecule has 0 saturated heterocycles. The normalized spacial score (nSPS) is 12.9. The minimum absolute atomic E-state index is 0.105. The molecule has 0 bridgehead atoms. The van der Waals surface area contributed by atoms with Crippen molar-refractivity contribution in [1.29, 1.82) is 0 Å². The maximum absolute atomic E-state index is 8.90. The lowest BCUT2D eigenvalue weighted by atomic mass is 10.2. The van der Waals surface area contributed by atoms with Gasteiger partial charge >= 0.3 is 0 Å². The van der Waals surface area contributed by atoms with E-state index in [4.69, 9.17) is 9.84 Å². The number of aromatic nitrogens is 2. The molecule has 0 aliphatic carbocycles. The summed E-state index contributed by atoms with van der Waals surface area (Å²) in [5, 5.41) is 9.94. The summed E-state index contributed by atoms with van der Waals surface area (Å²) in [4.78, 5) is 7.36. The number of rotatable bonds is 4. The topological polar surface area (TPSA) is 58.1 Å². The zero-order valence-corrected chi connectivity index (χ0v) is 10.5. The molecule has 0 spiro atoms. The number of H-pyrrole nitrogens is 1. The van der Waals surface area contributed by atoms with Gasteiger partial charge in [-0.2, -0.15) is 4.98 Å². The molecule has 0 fully saturated rings. The van der Waals surface area contributed by atoms with E-state index in [0.29, 0.717) is 12.5 Å². The van der Waals surface area contributed by atoms with E-state index in [-0.39, 0.29) is 12.5 Å². The molecule has 16 heavy (non-hydrogen) atoms. The minimum Gasteiger partial charge on any atom is -0.476 e. The molecule has 1 atom stereocenters. The number of nitrogens with zero attached hydrogens (tertiary/aromatic N) is 1. The summed E-state index contributed by atoms with van der Waals surface area (Å²) >= 11 is 3.41. The summed E-state index contributed by atoms with van der Waals surface area (Å²) in [5.41, 5.74) is 0.801. The van der Waals surface area contributed by atoms with Crippen LogP contribution in [0.1, 0.15) is 6.92 Å². The third kappa shape index (κ3) is 2.36. The molecule has 2 rings (SSSR count). The molecule has 0 aliphatic heterocycles. The van der Waals surface area contributed by atoms with Gasteiger partial charge in [0.05, 0.1) is 11.1 Å². The Labute approximate surface area is 102 Å². The first-order valence-corrected chi connectivity index (χ1v) is 5.87. The molecule has 0 aromatic carbocycles. The van der Waals surface area contributed by atoms with E-state index in [2.05, 4.69) is 25.9 Å². The van der Waals surface area contributed by atoms with Crippen molar-refractivity contribution in [3.63, 3.8) is 0 Å². The van der Waals surface area contributed by atoms with Crippen molar-refractivity contribution in [3.8, 4) is 5.88 Å². The summed E-state index contributed by atoms with van der Waals surface area (Å²) in [6.07, 6.45) is 1.84. The van der Waals surface area contributed by atoms with Crippen molar-refractivity contribution in [1.82, 2.24) is 9.97 Å². The van der Waals surface area contributed by atoms with Gasteiger partial charge in [-0.05, 0) is 28.1 Å². The summed E-state index contributed by atoms with van der Waals surface area (Å²) in [6.45, 7) is 2.48. The van der Waals surface area contributed by atoms with E-state index in [0.717, 1.165) is 15.5 Å². The Kier molecular flexibility index (Phi) is 3.46. The molecule has 0 aliphatic rings. The number of aromatic amines is 1. The number of pyridine rings is 1. The van der Waals surface area contributed by atoms with Crippen LogP contribution in [-0.4, -0.2) is 28.3 Å². The third-order valence-corrected chi connectivity index (χ3v) is 2.84. The average Bonchev–Trinajstić information content (AvgIpc) is 2.72. The first-order chi connectivity index (χ1) is 7.70. The molecule has 0 radical (unpaired) electrons. The average molecular weight is 285 g/mol. The van der Waals surface area contributed by atoms with E-state index < -0.39 is 0 Å². The Hall–Kier alpha value is -1.07. The predicted molar refractivity (Wildman–Crippen MR) is 65.5 cm³/mol. The maximum atomic E-state index is 8.90. The van der Waals surface area contributed by atoms with Gasteiger partial charge in [0.2, 0.25) is 5.88 Å². The number of aliphatic hydroxyl groups is 1. The lowest BCUT2D eigenvalue weighted by molar-refractivity contribution is 0.170. The van der Waals surface area contributed by atoms with Gasteiger partial charge in [0, 0.05) is 24.1 Å². The Balaban J connectivity index is 2.19. The second-order valence-electron chi connectivity index (χ2n) is 3.79. The van der Waals surface area contributed by atoms with Crippen molar-refractivity contribution in [2.75, 3.05) is 13.2 Å². The van der Waals surface area contributed by atoms with E-state index >= 15 is 0 Å². The van der Waals surface area contributed by atoms with Crippen LogP contribution in [0.5, 0.6) is 5.88 Å². The number of nitrogens with one attached hydrogen (secondary N) is 1. The van der Waals surface area contributed by atoms with Crippen LogP contribution < -0.4 is 4.74 Å². The Morgan fingerprint density at radius 2 is 2.44 bits per heavy atom. The van der Waals surface area contributed by atoms with Gasteiger partial charge in [0.25, 0.3) is 0 Å². The van der Waals surface area contributed by atoms with E-state index in [1.54, 1.807) is 0 Å². The number of fused-ring (bicyclic) bond motifs is 1. The summed E-state index contributed by atoms with van der Waals surface area (Å²) < 4.78 is 6.35. The molecule has 1 unspecified atom stereocenters. The largest absolute Gasteiger partial charge is 0.476 e. The highest BCUT2D eigenvalue weighted by molar-refractivity contribution is 9.10. The molecular formula is C11H13BrN2O2. The maximum Gasteiger partial charge on any atom is 0.230 e. The van der Waals surface area contributed by atoms with Crippen LogP contribution in [0.2, 0.25) is 0 Å². The smallest absolute Gasteiger partial charge is 0.230 e. The summed E-state index contributed by atoms with van der Waals surface area (Å²) in [5.74, 6) is 0.656.